The summed E-state index contributed by atoms with van der Waals surface area (Å²) in [6.07, 6.45) is 2.47. The zero-order chi connectivity index (χ0) is 12.8. The van der Waals surface area contributed by atoms with Gasteiger partial charge >= 0.3 is 5.97 Å². The van der Waals surface area contributed by atoms with Crippen LogP contribution in [-0.4, -0.2) is 11.1 Å². The fourth-order valence-electron chi connectivity index (χ4n) is 1.23. The second kappa shape index (κ2) is 6.00. The Kier molecular flexibility index (Phi) is 4.65. The quantitative estimate of drug-likeness (QED) is 0.648. The first-order valence-electron chi connectivity index (χ1n) is 5.27. The highest BCUT2D eigenvalue weighted by Crippen LogP contribution is 2.14. The topological polar surface area (TPSA) is 37.3 Å². The van der Waals surface area contributed by atoms with Gasteiger partial charge in [-0.2, -0.15) is 0 Å². The van der Waals surface area contributed by atoms with E-state index in [1.807, 2.05) is 6.92 Å². The highest BCUT2D eigenvalue weighted by Gasteiger charge is 2.13. The Bertz CT molecular complexity index is 484. The summed E-state index contributed by atoms with van der Waals surface area (Å²) in [6.45, 7) is 2.00. The molecule has 1 rings (SSSR count). The summed E-state index contributed by atoms with van der Waals surface area (Å²) < 4.78 is 26.3. The molecular weight excluding hydrogens is 226 g/mol. The summed E-state index contributed by atoms with van der Waals surface area (Å²) in [7, 11) is 0. The second-order valence-electron chi connectivity index (χ2n) is 3.52. The molecule has 0 saturated heterocycles. The minimum Gasteiger partial charge on any atom is -0.478 e. The van der Waals surface area contributed by atoms with Gasteiger partial charge in [0.2, 0.25) is 0 Å². The molecule has 4 heteroatoms. The Hall–Kier alpha value is -1.89. The van der Waals surface area contributed by atoms with Crippen molar-refractivity contribution in [2.24, 2.45) is 0 Å². The van der Waals surface area contributed by atoms with Gasteiger partial charge in [-0.15, -0.1) is 0 Å². The van der Waals surface area contributed by atoms with Gasteiger partial charge in [0.15, 0.2) is 0 Å². The number of carbonyl (C=O) groups is 1. The molecule has 2 nitrogen and oxygen atoms in total. The Morgan fingerprint density at radius 2 is 2.06 bits per heavy atom. The molecule has 0 aliphatic heterocycles. The highest BCUT2D eigenvalue weighted by atomic mass is 19.1. The molecule has 0 radical (unpaired) electrons. The van der Waals surface area contributed by atoms with Crippen molar-refractivity contribution in [2.45, 2.75) is 26.2 Å². The molecule has 0 unspecified atom stereocenters. The largest absolute Gasteiger partial charge is 0.478 e. The van der Waals surface area contributed by atoms with Crippen LogP contribution < -0.4 is 0 Å². The normalized spacial score (nSPS) is 9.59. The Morgan fingerprint density at radius 1 is 1.35 bits per heavy atom. The van der Waals surface area contributed by atoms with Gasteiger partial charge in [-0.05, 0) is 12.5 Å². The standard InChI is InChI=1S/C13H12F2O2/c1-2-3-4-5-6-9-7-10(13(16)17)12(15)8-11(9)14/h7-8H,2-4H2,1H3,(H,16,17). The molecule has 1 aromatic rings. The number of hydrogen-bond donors (Lipinski definition) is 1. The van der Waals surface area contributed by atoms with Crippen LogP contribution in [0.2, 0.25) is 0 Å². The first kappa shape index (κ1) is 13.2. The second-order valence-corrected chi connectivity index (χ2v) is 3.52. The van der Waals surface area contributed by atoms with Crippen LogP contribution in [0, 0.1) is 23.5 Å². The van der Waals surface area contributed by atoms with Gasteiger partial charge in [0.1, 0.15) is 11.6 Å². The highest BCUT2D eigenvalue weighted by molar-refractivity contribution is 5.88. The van der Waals surface area contributed by atoms with E-state index in [0.717, 1.165) is 18.9 Å². The first-order valence-corrected chi connectivity index (χ1v) is 5.27. The van der Waals surface area contributed by atoms with E-state index in [-0.39, 0.29) is 5.56 Å². The molecular formula is C13H12F2O2. The number of carboxylic acids is 1. The summed E-state index contributed by atoms with van der Waals surface area (Å²) in [4.78, 5) is 10.7. The van der Waals surface area contributed by atoms with E-state index in [4.69, 9.17) is 5.11 Å². The summed E-state index contributed by atoms with van der Waals surface area (Å²) in [5.74, 6) is 1.88. The molecule has 0 fully saturated rings. The van der Waals surface area contributed by atoms with Crippen molar-refractivity contribution in [2.75, 3.05) is 0 Å². The number of aromatic carboxylic acids is 1. The third-order valence-electron chi connectivity index (χ3n) is 2.17. The summed E-state index contributed by atoms with van der Waals surface area (Å²) in [6, 6.07) is 1.47. The maximum absolute atomic E-state index is 13.3. The van der Waals surface area contributed by atoms with E-state index in [1.54, 1.807) is 0 Å². The van der Waals surface area contributed by atoms with Crippen molar-refractivity contribution in [1.29, 1.82) is 0 Å². The lowest BCUT2D eigenvalue weighted by Gasteiger charge is -1.99. The van der Waals surface area contributed by atoms with E-state index in [0.29, 0.717) is 12.5 Å². The van der Waals surface area contributed by atoms with Gasteiger partial charge < -0.3 is 5.11 Å². The third kappa shape index (κ3) is 3.56. The Balaban J connectivity index is 3.02. The molecule has 0 atom stereocenters. The molecule has 1 aromatic carbocycles. The number of carboxylic acid groups (broad SMARTS) is 1. The fourth-order valence-corrected chi connectivity index (χ4v) is 1.23. The van der Waals surface area contributed by atoms with Crippen LogP contribution in [0.3, 0.4) is 0 Å². The average Bonchev–Trinajstić information content (AvgIpc) is 2.26. The van der Waals surface area contributed by atoms with Gasteiger partial charge in [-0.1, -0.05) is 25.2 Å². The molecule has 0 aliphatic rings. The van der Waals surface area contributed by atoms with Crippen molar-refractivity contribution < 1.29 is 18.7 Å². The summed E-state index contributed by atoms with van der Waals surface area (Å²) in [5, 5.41) is 8.68. The maximum atomic E-state index is 13.3. The van der Waals surface area contributed by atoms with Gasteiger partial charge in [0.05, 0.1) is 11.1 Å². The predicted octanol–water partition coefficient (Wildman–Crippen LogP) is 3.20. The van der Waals surface area contributed by atoms with Crippen molar-refractivity contribution in [3.05, 3.63) is 34.9 Å². The van der Waals surface area contributed by atoms with E-state index in [9.17, 15) is 13.6 Å². The smallest absolute Gasteiger partial charge is 0.338 e. The molecule has 0 amide bonds. The molecule has 0 heterocycles. The van der Waals surface area contributed by atoms with Crippen molar-refractivity contribution in [3.63, 3.8) is 0 Å². The first-order chi connectivity index (χ1) is 8.06. The zero-order valence-electron chi connectivity index (χ0n) is 9.39. The molecule has 0 spiro atoms. The number of unbranched alkanes of at least 4 members (excludes halogenated alkanes) is 2. The Labute approximate surface area is 98.3 Å². The number of benzene rings is 1. The molecule has 0 saturated carbocycles. The fraction of sp³-hybridized carbons (Fsp3) is 0.308. The van der Waals surface area contributed by atoms with Gasteiger partial charge in [0, 0.05) is 12.5 Å². The van der Waals surface area contributed by atoms with E-state index in [1.165, 1.54) is 0 Å². The third-order valence-corrected chi connectivity index (χ3v) is 2.17. The van der Waals surface area contributed by atoms with Crippen LogP contribution >= 0.6 is 0 Å². The van der Waals surface area contributed by atoms with Gasteiger partial charge in [0.25, 0.3) is 0 Å². The number of hydrogen-bond acceptors (Lipinski definition) is 1. The van der Waals surface area contributed by atoms with Crippen LogP contribution in [-0.2, 0) is 0 Å². The molecule has 17 heavy (non-hydrogen) atoms. The van der Waals surface area contributed by atoms with Gasteiger partial charge in [-0.3, -0.25) is 0 Å². The van der Waals surface area contributed by atoms with Crippen LogP contribution in [0.5, 0.6) is 0 Å². The predicted molar refractivity (Wildman–Crippen MR) is 59.7 cm³/mol. The maximum Gasteiger partial charge on any atom is 0.338 e. The van der Waals surface area contributed by atoms with Crippen LogP contribution in [0.1, 0.15) is 42.1 Å². The number of rotatable bonds is 3. The molecule has 0 aromatic heterocycles. The van der Waals surface area contributed by atoms with Crippen molar-refractivity contribution in [1.82, 2.24) is 0 Å². The van der Waals surface area contributed by atoms with E-state index >= 15 is 0 Å². The lowest BCUT2D eigenvalue weighted by Crippen LogP contribution is -2.02. The SMILES string of the molecule is CCCCC#Cc1cc(C(=O)O)c(F)cc1F. The lowest BCUT2D eigenvalue weighted by atomic mass is 10.1. The van der Waals surface area contributed by atoms with Crippen LogP contribution in [0.25, 0.3) is 0 Å². The number of halogens is 2. The average molecular weight is 238 g/mol. The summed E-state index contributed by atoms with van der Waals surface area (Å²) >= 11 is 0. The van der Waals surface area contributed by atoms with Crippen LogP contribution in [0.4, 0.5) is 8.78 Å². The molecule has 1 N–H and O–H groups in total. The molecule has 90 valence electrons. The van der Waals surface area contributed by atoms with E-state index < -0.39 is 23.2 Å². The minimum atomic E-state index is -1.43. The Morgan fingerprint density at radius 3 is 2.65 bits per heavy atom. The van der Waals surface area contributed by atoms with Crippen molar-refractivity contribution in [3.8, 4) is 11.8 Å². The van der Waals surface area contributed by atoms with Gasteiger partial charge in [-0.25, -0.2) is 13.6 Å². The van der Waals surface area contributed by atoms with Crippen molar-refractivity contribution >= 4 is 5.97 Å². The minimum absolute atomic E-state index is 0.0834. The summed E-state index contributed by atoms with van der Waals surface area (Å²) in [5.41, 5.74) is -0.647. The molecule has 0 bridgehead atoms. The van der Waals surface area contributed by atoms with Crippen LogP contribution in [0.15, 0.2) is 12.1 Å². The van der Waals surface area contributed by atoms with E-state index in [2.05, 4.69) is 11.8 Å². The molecule has 0 aliphatic carbocycles. The lowest BCUT2D eigenvalue weighted by molar-refractivity contribution is 0.0691. The monoisotopic (exact) mass is 238 g/mol. The zero-order valence-corrected chi connectivity index (χ0v) is 9.39.